The average molecular weight is 311 g/mol. The number of ether oxygens (including phenoxy) is 2. The smallest absolute Gasteiger partial charge is 0.257 e. The van der Waals surface area contributed by atoms with E-state index < -0.39 is 0 Å². The minimum absolute atomic E-state index is 0.121. The van der Waals surface area contributed by atoms with Gasteiger partial charge in [0.05, 0.1) is 18.7 Å². The summed E-state index contributed by atoms with van der Waals surface area (Å²) in [7, 11) is 1.48. The monoisotopic (exact) mass is 311 g/mol. The molecule has 6 heteroatoms. The van der Waals surface area contributed by atoms with Crippen LogP contribution in [0.1, 0.15) is 11.3 Å². The molecular weight excluding hydrogens is 294 g/mol. The Bertz CT molecular complexity index is 696. The quantitative estimate of drug-likeness (QED) is 0.841. The number of pyridine rings is 1. The lowest BCUT2D eigenvalue weighted by molar-refractivity contribution is -0.123. The Kier molecular flexibility index (Phi) is 5.95. The molecule has 1 N–H and O–H groups in total. The minimum Gasteiger partial charge on any atom is -0.493 e. The molecule has 0 unspecified atom stereocenters. The zero-order valence-corrected chi connectivity index (χ0v) is 12.8. The van der Waals surface area contributed by atoms with Crippen LogP contribution in [0.15, 0.2) is 42.6 Å². The van der Waals surface area contributed by atoms with Crippen molar-refractivity contribution in [2.24, 2.45) is 0 Å². The topological polar surface area (TPSA) is 84.2 Å². The molecule has 0 saturated heterocycles. The highest BCUT2D eigenvalue weighted by Crippen LogP contribution is 2.27. The number of nitriles is 1. The molecule has 0 radical (unpaired) electrons. The molecule has 0 aliphatic carbocycles. The highest BCUT2D eigenvalue weighted by Gasteiger charge is 2.08. The van der Waals surface area contributed by atoms with Crippen LogP contribution in [0.4, 0.5) is 0 Å². The summed E-state index contributed by atoms with van der Waals surface area (Å²) in [5.74, 6) is 0.615. The van der Waals surface area contributed by atoms with Crippen molar-refractivity contribution >= 4 is 5.91 Å². The third-order valence-corrected chi connectivity index (χ3v) is 3.08. The van der Waals surface area contributed by atoms with Crippen molar-refractivity contribution in [3.05, 3.63) is 53.9 Å². The SMILES string of the molecule is COc1cc(C#N)ccc1OCC(=O)NCCc1ccccn1. The van der Waals surface area contributed by atoms with Gasteiger partial charge in [-0.3, -0.25) is 9.78 Å². The molecular formula is C17H17N3O3. The van der Waals surface area contributed by atoms with Gasteiger partial charge in [-0.25, -0.2) is 0 Å². The van der Waals surface area contributed by atoms with E-state index in [1.807, 2.05) is 24.3 Å². The maximum atomic E-state index is 11.8. The molecule has 0 bridgehead atoms. The first-order chi connectivity index (χ1) is 11.2. The Morgan fingerprint density at radius 2 is 2.17 bits per heavy atom. The summed E-state index contributed by atoms with van der Waals surface area (Å²) in [4.78, 5) is 16.0. The third kappa shape index (κ3) is 5.00. The van der Waals surface area contributed by atoms with Gasteiger partial charge in [0.2, 0.25) is 0 Å². The second-order valence-electron chi connectivity index (χ2n) is 4.69. The van der Waals surface area contributed by atoms with E-state index >= 15 is 0 Å². The minimum atomic E-state index is -0.229. The van der Waals surface area contributed by atoms with Crippen molar-refractivity contribution in [3.63, 3.8) is 0 Å². The van der Waals surface area contributed by atoms with Crippen LogP contribution >= 0.6 is 0 Å². The largest absolute Gasteiger partial charge is 0.493 e. The first-order valence-corrected chi connectivity index (χ1v) is 7.10. The molecule has 2 rings (SSSR count). The van der Waals surface area contributed by atoms with Gasteiger partial charge in [-0.05, 0) is 24.3 Å². The van der Waals surface area contributed by atoms with E-state index in [0.717, 1.165) is 5.69 Å². The molecule has 23 heavy (non-hydrogen) atoms. The number of hydrogen-bond donors (Lipinski definition) is 1. The summed E-state index contributed by atoms with van der Waals surface area (Å²) in [6, 6.07) is 12.5. The predicted molar refractivity (Wildman–Crippen MR) is 84.2 cm³/mol. The van der Waals surface area contributed by atoms with Crippen LogP contribution in [-0.2, 0) is 11.2 Å². The number of nitrogens with zero attached hydrogens (tertiary/aromatic N) is 2. The fraction of sp³-hybridized carbons (Fsp3) is 0.235. The van der Waals surface area contributed by atoms with Gasteiger partial charge in [0.1, 0.15) is 0 Å². The molecule has 0 spiro atoms. The second kappa shape index (κ2) is 8.39. The Morgan fingerprint density at radius 1 is 1.30 bits per heavy atom. The Hall–Kier alpha value is -3.07. The van der Waals surface area contributed by atoms with E-state index in [9.17, 15) is 4.79 Å². The van der Waals surface area contributed by atoms with Gasteiger partial charge in [-0.1, -0.05) is 6.07 Å². The Morgan fingerprint density at radius 3 is 2.87 bits per heavy atom. The van der Waals surface area contributed by atoms with E-state index in [1.165, 1.54) is 7.11 Å². The van der Waals surface area contributed by atoms with Crippen molar-refractivity contribution < 1.29 is 14.3 Å². The zero-order valence-electron chi connectivity index (χ0n) is 12.8. The van der Waals surface area contributed by atoms with Crippen LogP contribution in [0.3, 0.4) is 0 Å². The highest BCUT2D eigenvalue weighted by atomic mass is 16.5. The van der Waals surface area contributed by atoms with E-state index in [2.05, 4.69) is 10.3 Å². The molecule has 0 aliphatic rings. The van der Waals surface area contributed by atoms with Crippen LogP contribution in [0.2, 0.25) is 0 Å². The summed E-state index contributed by atoms with van der Waals surface area (Å²) in [5.41, 5.74) is 1.39. The number of aromatic nitrogens is 1. The summed E-state index contributed by atoms with van der Waals surface area (Å²) >= 11 is 0. The van der Waals surface area contributed by atoms with Gasteiger partial charge in [0.15, 0.2) is 18.1 Å². The fourth-order valence-corrected chi connectivity index (χ4v) is 1.93. The first kappa shape index (κ1) is 16.3. The van der Waals surface area contributed by atoms with Crippen molar-refractivity contribution in [2.45, 2.75) is 6.42 Å². The lowest BCUT2D eigenvalue weighted by Crippen LogP contribution is -2.30. The molecule has 1 heterocycles. The molecule has 0 aliphatic heterocycles. The average Bonchev–Trinajstić information content (AvgIpc) is 2.60. The summed E-state index contributed by atoms with van der Waals surface area (Å²) < 4.78 is 10.6. The number of hydrogen-bond acceptors (Lipinski definition) is 5. The number of rotatable bonds is 7. The summed E-state index contributed by atoms with van der Waals surface area (Å²) in [6.45, 7) is 0.369. The number of amides is 1. The van der Waals surface area contributed by atoms with Crippen LogP contribution in [0, 0.1) is 11.3 Å². The molecule has 1 aromatic heterocycles. The van der Waals surface area contributed by atoms with Crippen LogP contribution < -0.4 is 14.8 Å². The van der Waals surface area contributed by atoms with Crippen molar-refractivity contribution in [2.75, 3.05) is 20.3 Å². The van der Waals surface area contributed by atoms with Crippen molar-refractivity contribution in [1.29, 1.82) is 5.26 Å². The van der Waals surface area contributed by atoms with E-state index in [4.69, 9.17) is 14.7 Å². The van der Waals surface area contributed by atoms with E-state index in [0.29, 0.717) is 30.0 Å². The second-order valence-corrected chi connectivity index (χ2v) is 4.69. The van der Waals surface area contributed by atoms with Gasteiger partial charge in [-0.2, -0.15) is 5.26 Å². The molecule has 0 saturated carbocycles. The number of carbonyl (C=O) groups is 1. The fourth-order valence-electron chi connectivity index (χ4n) is 1.93. The number of carbonyl (C=O) groups excluding carboxylic acids is 1. The number of methoxy groups -OCH3 is 1. The molecule has 1 aromatic carbocycles. The van der Waals surface area contributed by atoms with E-state index in [-0.39, 0.29) is 12.5 Å². The summed E-state index contributed by atoms with van der Waals surface area (Å²) in [5, 5.41) is 11.6. The summed E-state index contributed by atoms with van der Waals surface area (Å²) in [6.07, 6.45) is 2.38. The number of nitrogens with one attached hydrogen (secondary N) is 1. The maximum absolute atomic E-state index is 11.8. The molecule has 0 fully saturated rings. The lowest BCUT2D eigenvalue weighted by Gasteiger charge is -2.11. The van der Waals surface area contributed by atoms with Gasteiger partial charge in [-0.15, -0.1) is 0 Å². The Balaban J connectivity index is 1.79. The molecule has 118 valence electrons. The van der Waals surface area contributed by atoms with Gasteiger partial charge in [0, 0.05) is 30.9 Å². The van der Waals surface area contributed by atoms with Gasteiger partial charge >= 0.3 is 0 Å². The highest BCUT2D eigenvalue weighted by molar-refractivity contribution is 5.77. The normalized spacial score (nSPS) is 9.74. The lowest BCUT2D eigenvalue weighted by atomic mass is 10.2. The van der Waals surface area contributed by atoms with E-state index in [1.54, 1.807) is 24.4 Å². The first-order valence-electron chi connectivity index (χ1n) is 7.10. The van der Waals surface area contributed by atoms with Gasteiger partial charge in [0.25, 0.3) is 5.91 Å². The molecule has 6 nitrogen and oxygen atoms in total. The zero-order chi connectivity index (χ0) is 16.5. The standard InChI is InChI=1S/C17H17N3O3/c1-22-16-10-13(11-18)5-6-15(16)23-12-17(21)20-9-7-14-4-2-3-8-19-14/h2-6,8,10H,7,9,12H2,1H3,(H,20,21). The third-order valence-electron chi connectivity index (χ3n) is 3.08. The molecule has 0 atom stereocenters. The molecule has 2 aromatic rings. The predicted octanol–water partition coefficient (Wildman–Crippen LogP) is 1.70. The molecule has 1 amide bonds. The van der Waals surface area contributed by atoms with Crippen molar-refractivity contribution in [3.8, 4) is 17.6 Å². The number of benzene rings is 1. The van der Waals surface area contributed by atoms with Gasteiger partial charge < -0.3 is 14.8 Å². The van der Waals surface area contributed by atoms with Crippen LogP contribution in [0.25, 0.3) is 0 Å². The Labute approximate surface area is 134 Å². The van der Waals surface area contributed by atoms with Crippen molar-refractivity contribution in [1.82, 2.24) is 10.3 Å². The maximum Gasteiger partial charge on any atom is 0.257 e. The van der Waals surface area contributed by atoms with Crippen LogP contribution in [0.5, 0.6) is 11.5 Å². The van der Waals surface area contributed by atoms with Crippen LogP contribution in [-0.4, -0.2) is 31.2 Å².